The number of hydrogen-bond acceptors (Lipinski definition) is 5. The zero-order valence-electron chi connectivity index (χ0n) is 26.4. The molecule has 5 rings (SSSR count). The molecule has 3 aromatic carbocycles. The highest BCUT2D eigenvalue weighted by atomic mass is 32.2. The molecule has 1 saturated carbocycles. The molecule has 0 spiro atoms. The number of carbonyl (C=O) groups is 1. The van der Waals surface area contributed by atoms with Crippen LogP contribution in [0.1, 0.15) is 62.6 Å². The number of sulfonamides is 1. The second kappa shape index (κ2) is 15.3. The Bertz CT molecular complexity index is 1680. The zero-order chi connectivity index (χ0) is 32.6. The Labute approximate surface area is 266 Å². The van der Waals surface area contributed by atoms with Crippen LogP contribution in [0.25, 0.3) is 0 Å². The van der Waals surface area contributed by atoms with Crippen LogP contribution in [0, 0.1) is 11.7 Å². The maximum absolute atomic E-state index is 13.9. The van der Waals surface area contributed by atoms with Gasteiger partial charge in [0.25, 0.3) is 0 Å². The minimum absolute atomic E-state index is 0.0253. The summed E-state index contributed by atoms with van der Waals surface area (Å²) in [5, 5.41) is 4.76. The first-order valence-electron chi connectivity index (χ1n) is 15.2. The van der Waals surface area contributed by atoms with Crippen molar-refractivity contribution in [2.75, 3.05) is 18.6 Å². The van der Waals surface area contributed by atoms with E-state index >= 15 is 0 Å². The predicted octanol–water partition coefficient (Wildman–Crippen LogP) is 7.09. The van der Waals surface area contributed by atoms with Crippen LogP contribution in [0.3, 0.4) is 0 Å². The number of aliphatic imine (C=N–C) groups is 1. The first-order valence-corrected chi connectivity index (χ1v) is 16.8. The van der Waals surface area contributed by atoms with Crippen LogP contribution in [-0.4, -0.2) is 33.9 Å². The molecule has 45 heavy (non-hydrogen) atoms. The number of ether oxygens (including phenoxy) is 1. The summed E-state index contributed by atoms with van der Waals surface area (Å²) in [6.45, 7) is 6.59. The highest BCUT2D eigenvalue weighted by Crippen LogP contribution is 2.49. The lowest BCUT2D eigenvalue weighted by Crippen LogP contribution is -2.34. The summed E-state index contributed by atoms with van der Waals surface area (Å²) in [4.78, 5) is 20.3. The van der Waals surface area contributed by atoms with Gasteiger partial charge in [-0.1, -0.05) is 55.0 Å². The molecule has 9 heteroatoms. The average Bonchev–Trinajstić information content (AvgIpc) is 3.70. The lowest BCUT2D eigenvalue weighted by atomic mass is 10.1. The third kappa shape index (κ3) is 9.45. The molecule has 238 valence electrons. The van der Waals surface area contributed by atoms with Gasteiger partial charge in [0.1, 0.15) is 5.82 Å². The second-order valence-electron chi connectivity index (χ2n) is 11.5. The predicted molar refractivity (Wildman–Crippen MR) is 178 cm³/mol. The number of rotatable bonds is 9. The lowest BCUT2D eigenvalue weighted by Gasteiger charge is -2.25. The molecule has 2 unspecified atom stereocenters. The van der Waals surface area contributed by atoms with Crippen LogP contribution in [0.5, 0.6) is 0 Å². The van der Waals surface area contributed by atoms with E-state index in [2.05, 4.69) is 67.4 Å². The van der Waals surface area contributed by atoms with Crippen molar-refractivity contribution < 1.29 is 22.3 Å². The van der Waals surface area contributed by atoms with Crippen LogP contribution in [-0.2, 0) is 32.4 Å². The van der Waals surface area contributed by atoms with Crippen LogP contribution in [0.15, 0.2) is 106 Å². The summed E-state index contributed by atoms with van der Waals surface area (Å²) in [6.07, 6.45) is 9.28. The van der Waals surface area contributed by atoms with E-state index in [4.69, 9.17) is 9.88 Å². The standard InChI is InChI=1S/C30H36N2O2.C6H6FNO2S/c1-5-21(2)16-23(19-31-22(3)34-4)20-32(27-15-14-24-12-9-13-26(24)17-27)30(33)29-18-28(29)25-10-7-6-8-11-25;7-5-1-3-6(4-2-5)11(8,9)10/h6-8,10-11,14-17,19,28-29H,5,9,12-13,18,20H2,1-4H3;1-4H,(H2,8,9,10)/b21-16?,23-19+,31-22?;. The van der Waals surface area contributed by atoms with Crippen molar-refractivity contribution in [2.45, 2.75) is 63.7 Å². The molecular formula is C36H42FN3O4S. The first-order chi connectivity index (χ1) is 21.5. The van der Waals surface area contributed by atoms with Gasteiger partial charge in [-0.2, -0.15) is 0 Å². The average molecular weight is 632 g/mol. The first kappa shape index (κ1) is 33.8. The van der Waals surface area contributed by atoms with Crippen molar-refractivity contribution in [2.24, 2.45) is 16.0 Å². The molecule has 2 N–H and O–H groups in total. The monoisotopic (exact) mass is 631 g/mol. The van der Waals surface area contributed by atoms with Crippen LogP contribution in [0.2, 0.25) is 0 Å². The van der Waals surface area contributed by atoms with E-state index in [0.717, 1.165) is 61.2 Å². The number of halogens is 1. The third-order valence-electron chi connectivity index (χ3n) is 8.18. The minimum atomic E-state index is -3.69. The van der Waals surface area contributed by atoms with E-state index in [-0.39, 0.29) is 16.7 Å². The van der Waals surface area contributed by atoms with Gasteiger partial charge in [0.2, 0.25) is 15.9 Å². The number of methoxy groups -OCH3 is 1. The van der Waals surface area contributed by atoms with Crippen molar-refractivity contribution >= 4 is 27.5 Å². The van der Waals surface area contributed by atoms with Crippen LogP contribution >= 0.6 is 0 Å². The van der Waals surface area contributed by atoms with Gasteiger partial charge in [0.05, 0.1) is 18.6 Å². The number of hydrogen-bond donors (Lipinski definition) is 1. The van der Waals surface area contributed by atoms with Crippen molar-refractivity contribution in [1.82, 2.24) is 0 Å². The maximum Gasteiger partial charge on any atom is 0.238 e. The van der Waals surface area contributed by atoms with Gasteiger partial charge in [0.15, 0.2) is 5.90 Å². The van der Waals surface area contributed by atoms with Crippen molar-refractivity contribution in [3.8, 4) is 0 Å². The van der Waals surface area contributed by atoms with E-state index in [1.807, 2.05) is 24.1 Å². The zero-order valence-corrected chi connectivity index (χ0v) is 27.2. The second-order valence-corrected chi connectivity index (χ2v) is 13.1. The Hall–Kier alpha value is -4.08. The molecule has 0 aliphatic heterocycles. The number of allylic oxidation sites excluding steroid dienone is 1. The number of benzene rings is 3. The Morgan fingerprint density at radius 2 is 1.73 bits per heavy atom. The number of aryl methyl sites for hydroxylation is 2. The molecule has 1 amide bonds. The lowest BCUT2D eigenvalue weighted by molar-refractivity contribution is -0.119. The quantitative estimate of drug-likeness (QED) is 0.155. The molecule has 1 fully saturated rings. The molecule has 0 heterocycles. The van der Waals surface area contributed by atoms with E-state index in [1.165, 1.54) is 28.7 Å². The number of nitrogens with two attached hydrogens (primary N) is 1. The maximum atomic E-state index is 13.9. The smallest absolute Gasteiger partial charge is 0.238 e. The van der Waals surface area contributed by atoms with E-state index in [9.17, 15) is 17.6 Å². The van der Waals surface area contributed by atoms with Gasteiger partial charge in [-0.3, -0.25) is 4.79 Å². The Kier molecular flexibility index (Phi) is 11.5. The molecular weight excluding hydrogens is 589 g/mol. The summed E-state index contributed by atoms with van der Waals surface area (Å²) >= 11 is 0. The molecule has 0 saturated heterocycles. The largest absolute Gasteiger partial charge is 0.484 e. The van der Waals surface area contributed by atoms with Gasteiger partial charge in [0, 0.05) is 24.7 Å². The van der Waals surface area contributed by atoms with Gasteiger partial charge in [-0.25, -0.2) is 22.9 Å². The molecule has 3 aromatic rings. The fourth-order valence-corrected chi connectivity index (χ4v) is 5.85. The number of fused-ring (bicyclic) bond motifs is 1. The van der Waals surface area contributed by atoms with Crippen molar-refractivity contribution in [3.05, 3.63) is 119 Å². The molecule has 7 nitrogen and oxygen atoms in total. The molecule has 2 aliphatic rings. The third-order valence-corrected chi connectivity index (χ3v) is 9.10. The fourth-order valence-electron chi connectivity index (χ4n) is 5.33. The van der Waals surface area contributed by atoms with Crippen molar-refractivity contribution in [1.29, 1.82) is 0 Å². The van der Waals surface area contributed by atoms with Gasteiger partial charge in [-0.05, 0) is 104 Å². The fraction of sp³-hybridized carbons (Fsp3) is 0.333. The normalized spacial score (nSPS) is 18.0. The van der Waals surface area contributed by atoms with Gasteiger partial charge >= 0.3 is 0 Å². The van der Waals surface area contributed by atoms with Crippen LogP contribution < -0.4 is 10.0 Å². The topological polar surface area (TPSA) is 102 Å². The van der Waals surface area contributed by atoms with Crippen molar-refractivity contribution in [3.63, 3.8) is 0 Å². The number of primary sulfonamides is 1. The highest BCUT2D eigenvalue weighted by Gasteiger charge is 2.46. The number of anilines is 1. The Balaban J connectivity index is 0.000000354. The van der Waals surface area contributed by atoms with E-state index in [1.54, 1.807) is 7.11 Å². The summed E-state index contributed by atoms with van der Waals surface area (Å²) < 4.78 is 38.7. The van der Waals surface area contributed by atoms with Gasteiger partial charge < -0.3 is 9.64 Å². The number of carbonyl (C=O) groups excluding carboxylic acids is 1. The van der Waals surface area contributed by atoms with Crippen LogP contribution in [0.4, 0.5) is 10.1 Å². The minimum Gasteiger partial charge on any atom is -0.484 e. The summed E-state index contributed by atoms with van der Waals surface area (Å²) in [7, 11) is -2.06. The molecule has 0 bridgehead atoms. The molecule has 2 aliphatic carbocycles. The Morgan fingerprint density at radius 1 is 1.04 bits per heavy atom. The SMILES string of the molecule is CCC(C)=C/C(=C\N=C(C)OC)CN(C(=O)C1CC1c1ccccc1)c1ccc2c(c1)CCC2.NS(=O)(=O)c1ccc(F)cc1. The van der Waals surface area contributed by atoms with Gasteiger partial charge in [-0.15, -0.1) is 0 Å². The number of nitrogens with zero attached hydrogens (tertiary/aromatic N) is 2. The molecule has 0 radical (unpaired) electrons. The van der Waals surface area contributed by atoms with E-state index < -0.39 is 15.8 Å². The highest BCUT2D eigenvalue weighted by molar-refractivity contribution is 7.89. The summed E-state index contributed by atoms with van der Waals surface area (Å²) in [5.41, 5.74) is 7.30. The van der Waals surface area contributed by atoms with E-state index in [0.29, 0.717) is 18.4 Å². The molecule has 2 atom stereocenters. The summed E-state index contributed by atoms with van der Waals surface area (Å²) in [6, 6.07) is 21.3. The Morgan fingerprint density at radius 3 is 2.38 bits per heavy atom. The molecule has 0 aromatic heterocycles. The summed E-state index contributed by atoms with van der Waals surface area (Å²) in [5.74, 6) is 0.643. The number of amides is 1.